The molecule has 1 atom stereocenters. The summed E-state index contributed by atoms with van der Waals surface area (Å²) in [4.78, 5) is 1.59. The highest BCUT2D eigenvalue weighted by Crippen LogP contribution is 2.11. The van der Waals surface area contributed by atoms with Crippen molar-refractivity contribution in [1.29, 1.82) is 0 Å². The van der Waals surface area contributed by atoms with E-state index in [2.05, 4.69) is 0 Å². The average Bonchev–Trinajstić information content (AvgIpc) is 2.19. The maximum atomic E-state index is 10.4. The Morgan fingerprint density at radius 3 is 2.24 bits per heavy atom. The van der Waals surface area contributed by atoms with Crippen LogP contribution in [0.25, 0.3) is 0 Å². The molecule has 0 aromatic carbocycles. The second kappa shape index (κ2) is 7.99. The largest absolute Gasteiger partial charge is 0.748 e. The van der Waals surface area contributed by atoms with Crippen molar-refractivity contribution in [3.05, 3.63) is 0 Å². The van der Waals surface area contributed by atoms with Crippen molar-refractivity contribution >= 4 is 10.1 Å². The molecule has 0 fully saturated rings. The standard InChI is InChI=1S/C10H23NO5S/c1-9(2)6-10(7-12)11(8-13)4-3-5-17(14,15)16/h9-10,12-13H,3-8H2,1-2H3,(H,14,15,16)/p-1. The molecule has 2 N–H and O–H groups in total. The molecule has 0 spiro atoms. The molecular weight excluding hydrogens is 246 g/mol. The van der Waals surface area contributed by atoms with E-state index in [4.69, 9.17) is 5.11 Å². The number of rotatable bonds is 9. The molecule has 17 heavy (non-hydrogen) atoms. The topological polar surface area (TPSA) is 101 Å². The van der Waals surface area contributed by atoms with Gasteiger partial charge in [0.15, 0.2) is 0 Å². The predicted octanol–water partition coefficient (Wildman–Crippen LogP) is -0.419. The lowest BCUT2D eigenvalue weighted by molar-refractivity contribution is 0.0314. The number of aliphatic hydroxyl groups is 2. The van der Waals surface area contributed by atoms with Gasteiger partial charge in [0, 0.05) is 18.3 Å². The summed E-state index contributed by atoms with van der Waals surface area (Å²) in [5.74, 6) is -0.0759. The average molecular weight is 268 g/mol. The van der Waals surface area contributed by atoms with Crippen molar-refractivity contribution in [2.75, 3.05) is 25.6 Å². The highest BCUT2D eigenvalue weighted by Gasteiger charge is 2.17. The maximum Gasteiger partial charge on any atom is 0.0959 e. The molecule has 6 nitrogen and oxygen atoms in total. The highest BCUT2D eigenvalue weighted by atomic mass is 32.2. The van der Waals surface area contributed by atoms with Crippen molar-refractivity contribution in [1.82, 2.24) is 4.90 Å². The first-order valence-electron chi connectivity index (χ1n) is 5.69. The Kier molecular flexibility index (Phi) is 7.89. The second-order valence-corrected chi connectivity index (χ2v) is 6.06. The van der Waals surface area contributed by atoms with Crippen LogP contribution < -0.4 is 0 Å². The Morgan fingerprint density at radius 1 is 1.29 bits per heavy atom. The molecule has 104 valence electrons. The monoisotopic (exact) mass is 268 g/mol. The van der Waals surface area contributed by atoms with E-state index in [1.165, 1.54) is 0 Å². The molecule has 0 heterocycles. The second-order valence-electron chi connectivity index (χ2n) is 4.54. The minimum absolute atomic E-state index is 0.0944. The van der Waals surface area contributed by atoms with E-state index in [0.717, 1.165) is 0 Å². The first kappa shape index (κ1) is 16.8. The molecule has 0 saturated carbocycles. The summed E-state index contributed by atoms with van der Waals surface area (Å²) >= 11 is 0. The smallest absolute Gasteiger partial charge is 0.0959 e. The van der Waals surface area contributed by atoms with Crippen LogP contribution in [0, 0.1) is 5.92 Å². The van der Waals surface area contributed by atoms with Crippen molar-refractivity contribution in [3.63, 3.8) is 0 Å². The van der Waals surface area contributed by atoms with Gasteiger partial charge in [0.2, 0.25) is 0 Å². The first-order valence-corrected chi connectivity index (χ1v) is 7.27. The lowest BCUT2D eigenvalue weighted by Gasteiger charge is -2.29. The number of nitrogens with zero attached hydrogens (tertiary/aromatic N) is 1. The third-order valence-electron chi connectivity index (χ3n) is 2.49. The van der Waals surface area contributed by atoms with Crippen molar-refractivity contribution in [2.24, 2.45) is 5.92 Å². The fourth-order valence-corrected chi connectivity index (χ4v) is 2.18. The molecule has 7 heteroatoms. The molecule has 0 saturated heterocycles. The SMILES string of the molecule is CC(C)CC(CO)N(CO)CCCS(=O)(=O)[O-]. The van der Waals surface area contributed by atoms with Gasteiger partial charge in [-0.25, -0.2) is 8.42 Å². The zero-order chi connectivity index (χ0) is 13.5. The molecule has 0 aromatic rings. The van der Waals surface area contributed by atoms with E-state index in [-0.39, 0.29) is 32.3 Å². The Morgan fingerprint density at radius 2 is 1.88 bits per heavy atom. The molecule has 0 radical (unpaired) electrons. The Hall–Kier alpha value is -0.210. The Bertz CT molecular complexity index is 291. The van der Waals surface area contributed by atoms with Gasteiger partial charge in [-0.2, -0.15) is 0 Å². The molecule has 0 amide bonds. The molecule has 0 aliphatic heterocycles. The summed E-state index contributed by atoms with van der Waals surface area (Å²) in [5.41, 5.74) is 0. The lowest BCUT2D eigenvalue weighted by atomic mass is 10.0. The third-order valence-corrected chi connectivity index (χ3v) is 3.28. The quantitative estimate of drug-likeness (QED) is 0.435. The fourth-order valence-electron chi connectivity index (χ4n) is 1.70. The van der Waals surface area contributed by atoms with Crippen LogP contribution in [0.2, 0.25) is 0 Å². The van der Waals surface area contributed by atoms with E-state index in [9.17, 15) is 18.1 Å². The summed E-state index contributed by atoms with van der Waals surface area (Å²) in [6.07, 6.45) is 0.877. The molecule has 0 aliphatic rings. The van der Waals surface area contributed by atoms with E-state index < -0.39 is 15.9 Å². The fraction of sp³-hybridized carbons (Fsp3) is 1.00. The Labute approximate surface area is 103 Å². The normalized spacial score (nSPS) is 14.5. The number of hydrogen-bond donors (Lipinski definition) is 2. The van der Waals surface area contributed by atoms with Crippen molar-refractivity contribution in [2.45, 2.75) is 32.7 Å². The predicted molar refractivity (Wildman–Crippen MR) is 63.3 cm³/mol. The van der Waals surface area contributed by atoms with Gasteiger partial charge in [0.25, 0.3) is 0 Å². The molecule has 0 bridgehead atoms. The molecule has 0 rings (SSSR count). The zero-order valence-corrected chi connectivity index (χ0v) is 11.2. The summed E-state index contributed by atoms with van der Waals surface area (Å²) in [5, 5.41) is 18.4. The molecule has 0 aliphatic carbocycles. The Balaban J connectivity index is 4.20. The van der Waals surface area contributed by atoms with E-state index in [1.807, 2.05) is 13.8 Å². The third kappa shape index (κ3) is 8.50. The van der Waals surface area contributed by atoms with E-state index in [1.54, 1.807) is 4.90 Å². The van der Waals surface area contributed by atoms with Crippen LogP contribution in [-0.2, 0) is 10.1 Å². The van der Waals surface area contributed by atoms with Gasteiger partial charge in [-0.05, 0) is 18.8 Å². The minimum atomic E-state index is -4.20. The molecule has 1 unspecified atom stereocenters. The van der Waals surface area contributed by atoms with Gasteiger partial charge in [-0.3, -0.25) is 4.90 Å². The van der Waals surface area contributed by atoms with E-state index in [0.29, 0.717) is 12.3 Å². The summed E-state index contributed by atoms with van der Waals surface area (Å²) < 4.78 is 31.3. The van der Waals surface area contributed by atoms with Crippen LogP contribution >= 0.6 is 0 Å². The van der Waals surface area contributed by atoms with Crippen LogP contribution in [0.4, 0.5) is 0 Å². The van der Waals surface area contributed by atoms with Crippen LogP contribution in [0.5, 0.6) is 0 Å². The van der Waals surface area contributed by atoms with Gasteiger partial charge < -0.3 is 14.8 Å². The van der Waals surface area contributed by atoms with Crippen LogP contribution in [0.1, 0.15) is 26.7 Å². The van der Waals surface area contributed by atoms with Crippen LogP contribution in [-0.4, -0.2) is 59.8 Å². The van der Waals surface area contributed by atoms with Gasteiger partial charge >= 0.3 is 0 Å². The number of hydrogen-bond acceptors (Lipinski definition) is 6. The van der Waals surface area contributed by atoms with Gasteiger partial charge in [-0.1, -0.05) is 13.8 Å². The van der Waals surface area contributed by atoms with Crippen molar-refractivity contribution in [3.8, 4) is 0 Å². The lowest BCUT2D eigenvalue weighted by Crippen LogP contribution is -2.40. The summed E-state index contributed by atoms with van der Waals surface area (Å²) in [6.45, 7) is 3.94. The molecule has 0 aromatic heterocycles. The highest BCUT2D eigenvalue weighted by molar-refractivity contribution is 7.85. The van der Waals surface area contributed by atoms with Gasteiger partial charge in [0.05, 0.1) is 23.5 Å². The minimum Gasteiger partial charge on any atom is -0.748 e. The van der Waals surface area contributed by atoms with Crippen molar-refractivity contribution < 1.29 is 23.2 Å². The number of aliphatic hydroxyl groups excluding tert-OH is 2. The summed E-state index contributed by atoms with van der Waals surface area (Å²) in [7, 11) is -4.20. The van der Waals surface area contributed by atoms with Crippen LogP contribution in [0.15, 0.2) is 0 Å². The zero-order valence-electron chi connectivity index (χ0n) is 10.4. The van der Waals surface area contributed by atoms with E-state index >= 15 is 0 Å². The summed E-state index contributed by atoms with van der Waals surface area (Å²) in [6, 6.07) is -0.200. The van der Waals surface area contributed by atoms with Crippen LogP contribution in [0.3, 0.4) is 0 Å². The van der Waals surface area contributed by atoms with Gasteiger partial charge in [0.1, 0.15) is 0 Å². The molecular formula is C10H22NO5S-. The van der Waals surface area contributed by atoms with Gasteiger partial charge in [-0.15, -0.1) is 0 Å². The maximum absolute atomic E-state index is 10.4. The first-order chi connectivity index (χ1) is 7.80.